The van der Waals surface area contributed by atoms with Gasteiger partial charge in [-0.1, -0.05) is 29.8 Å². The minimum Gasteiger partial charge on any atom is -0.469 e. The fraction of sp³-hybridized carbons (Fsp3) is 0.385. The second-order valence-electron chi connectivity index (χ2n) is 4.37. The highest BCUT2D eigenvalue weighted by molar-refractivity contribution is 6.99. The highest BCUT2D eigenvalue weighted by Crippen LogP contribution is 2.27. The number of rotatable bonds is 4. The summed E-state index contributed by atoms with van der Waals surface area (Å²) < 4.78 is 19.6. The van der Waals surface area contributed by atoms with Crippen molar-refractivity contribution in [3.8, 4) is 5.88 Å². The van der Waals surface area contributed by atoms with Crippen LogP contribution in [-0.4, -0.2) is 35.1 Å². The zero-order valence-electron chi connectivity index (χ0n) is 10.8. The Bertz CT molecular complexity index is 572. The number of anilines is 1. The summed E-state index contributed by atoms with van der Waals surface area (Å²) >= 11 is 7.27. The summed E-state index contributed by atoms with van der Waals surface area (Å²) in [6.07, 6.45) is 0. The second kappa shape index (κ2) is 6.39. The molecule has 2 aromatic rings. The smallest absolute Gasteiger partial charge is 0.271 e. The average Bonchev–Trinajstić information content (AvgIpc) is 2.96. The maximum atomic E-state index is 6.11. The molecule has 5 nitrogen and oxygen atoms in total. The van der Waals surface area contributed by atoms with Gasteiger partial charge in [-0.15, -0.1) is 4.37 Å². The van der Waals surface area contributed by atoms with E-state index in [4.69, 9.17) is 21.1 Å². The van der Waals surface area contributed by atoms with E-state index < -0.39 is 0 Å². The Kier molecular flexibility index (Phi) is 4.34. The second-order valence-corrected chi connectivity index (χ2v) is 5.31. The van der Waals surface area contributed by atoms with Crippen LogP contribution in [0.4, 0.5) is 5.82 Å². The van der Waals surface area contributed by atoms with Gasteiger partial charge in [-0.3, -0.25) is 0 Å². The van der Waals surface area contributed by atoms with Crippen molar-refractivity contribution in [3.05, 3.63) is 34.9 Å². The molecule has 1 aliphatic heterocycles. The van der Waals surface area contributed by atoms with Crippen LogP contribution < -0.4 is 9.64 Å². The molecule has 1 fully saturated rings. The number of halogens is 1. The molecule has 0 saturated carbocycles. The lowest BCUT2D eigenvalue weighted by Crippen LogP contribution is -2.36. The van der Waals surface area contributed by atoms with Crippen molar-refractivity contribution in [3.63, 3.8) is 0 Å². The van der Waals surface area contributed by atoms with Crippen LogP contribution in [0.2, 0.25) is 5.02 Å². The molecular formula is C13H14ClN3O2S. The molecule has 0 bridgehead atoms. The van der Waals surface area contributed by atoms with E-state index >= 15 is 0 Å². The number of aromatic nitrogens is 2. The van der Waals surface area contributed by atoms with Crippen LogP contribution >= 0.6 is 23.3 Å². The van der Waals surface area contributed by atoms with E-state index in [-0.39, 0.29) is 0 Å². The minimum atomic E-state index is 0.391. The number of hydrogen-bond acceptors (Lipinski definition) is 6. The first-order chi connectivity index (χ1) is 9.84. The predicted molar refractivity (Wildman–Crippen MR) is 78.7 cm³/mol. The van der Waals surface area contributed by atoms with E-state index in [0.717, 1.165) is 36.2 Å². The van der Waals surface area contributed by atoms with Gasteiger partial charge in [-0.05, 0) is 6.07 Å². The van der Waals surface area contributed by atoms with E-state index in [1.54, 1.807) is 0 Å². The Morgan fingerprint density at radius 1 is 1.25 bits per heavy atom. The number of benzene rings is 1. The summed E-state index contributed by atoms with van der Waals surface area (Å²) in [5, 5.41) is 0.698. The number of hydrogen-bond donors (Lipinski definition) is 0. The summed E-state index contributed by atoms with van der Waals surface area (Å²) in [6.45, 7) is 3.44. The molecule has 3 rings (SSSR count). The van der Waals surface area contributed by atoms with E-state index in [0.29, 0.717) is 30.7 Å². The summed E-state index contributed by atoms with van der Waals surface area (Å²) in [5.74, 6) is 1.36. The molecule has 1 saturated heterocycles. The zero-order chi connectivity index (χ0) is 13.8. The Morgan fingerprint density at radius 3 is 2.85 bits per heavy atom. The van der Waals surface area contributed by atoms with Crippen LogP contribution in [-0.2, 0) is 11.3 Å². The van der Waals surface area contributed by atoms with Crippen molar-refractivity contribution in [1.82, 2.24) is 8.75 Å². The Hall–Kier alpha value is -1.37. The molecule has 1 aliphatic rings. The van der Waals surface area contributed by atoms with Gasteiger partial charge in [0.15, 0.2) is 0 Å². The molecule has 106 valence electrons. The predicted octanol–water partition coefficient (Wildman–Crippen LogP) is 2.61. The van der Waals surface area contributed by atoms with Gasteiger partial charge < -0.3 is 14.4 Å². The normalized spacial score (nSPS) is 15.3. The van der Waals surface area contributed by atoms with Crippen molar-refractivity contribution in [2.45, 2.75) is 6.61 Å². The first-order valence-corrected chi connectivity index (χ1v) is 7.47. The molecule has 0 unspecified atom stereocenters. The van der Waals surface area contributed by atoms with Crippen LogP contribution in [0.1, 0.15) is 5.56 Å². The molecule has 0 spiro atoms. The molecular weight excluding hydrogens is 298 g/mol. The summed E-state index contributed by atoms with van der Waals surface area (Å²) in [6, 6.07) is 7.63. The third-order valence-corrected chi connectivity index (χ3v) is 3.95. The molecule has 20 heavy (non-hydrogen) atoms. The van der Waals surface area contributed by atoms with E-state index in [1.807, 2.05) is 24.3 Å². The van der Waals surface area contributed by atoms with Gasteiger partial charge >= 0.3 is 0 Å². The lowest BCUT2D eigenvalue weighted by molar-refractivity contribution is 0.122. The molecule has 1 aromatic carbocycles. The lowest BCUT2D eigenvalue weighted by atomic mass is 10.2. The van der Waals surface area contributed by atoms with Gasteiger partial charge in [0.05, 0.1) is 24.9 Å². The van der Waals surface area contributed by atoms with Crippen LogP contribution in [0.15, 0.2) is 24.3 Å². The van der Waals surface area contributed by atoms with Crippen LogP contribution in [0.5, 0.6) is 5.88 Å². The third kappa shape index (κ3) is 3.03. The van der Waals surface area contributed by atoms with Gasteiger partial charge in [0.2, 0.25) is 5.82 Å². The molecule has 0 radical (unpaired) electrons. The van der Waals surface area contributed by atoms with Crippen molar-refractivity contribution < 1.29 is 9.47 Å². The van der Waals surface area contributed by atoms with E-state index in [1.165, 1.54) is 0 Å². The Labute approximate surface area is 126 Å². The largest absolute Gasteiger partial charge is 0.469 e. The quantitative estimate of drug-likeness (QED) is 0.868. The Morgan fingerprint density at radius 2 is 2.05 bits per heavy atom. The van der Waals surface area contributed by atoms with Gasteiger partial charge in [0, 0.05) is 23.7 Å². The van der Waals surface area contributed by atoms with Crippen LogP contribution in [0.3, 0.4) is 0 Å². The first-order valence-electron chi connectivity index (χ1n) is 6.36. The lowest BCUT2D eigenvalue weighted by Gasteiger charge is -2.26. The molecule has 7 heteroatoms. The van der Waals surface area contributed by atoms with Crippen molar-refractivity contribution in [2.75, 3.05) is 31.2 Å². The van der Waals surface area contributed by atoms with Crippen LogP contribution in [0, 0.1) is 0 Å². The molecule has 0 N–H and O–H groups in total. The van der Waals surface area contributed by atoms with Crippen molar-refractivity contribution in [1.29, 1.82) is 0 Å². The molecule has 1 aromatic heterocycles. The van der Waals surface area contributed by atoms with E-state index in [9.17, 15) is 0 Å². The number of nitrogens with zero attached hydrogens (tertiary/aromatic N) is 3. The summed E-state index contributed by atoms with van der Waals surface area (Å²) in [7, 11) is 0. The summed E-state index contributed by atoms with van der Waals surface area (Å²) in [5.41, 5.74) is 0.940. The zero-order valence-corrected chi connectivity index (χ0v) is 12.4. The monoisotopic (exact) mass is 311 g/mol. The molecule has 0 atom stereocenters. The molecule has 0 amide bonds. The van der Waals surface area contributed by atoms with Crippen LogP contribution in [0.25, 0.3) is 0 Å². The highest BCUT2D eigenvalue weighted by Gasteiger charge is 2.19. The molecule has 0 aliphatic carbocycles. The third-order valence-electron chi connectivity index (χ3n) is 3.08. The van der Waals surface area contributed by atoms with Crippen molar-refractivity contribution >= 4 is 29.1 Å². The van der Waals surface area contributed by atoms with Gasteiger partial charge in [-0.2, -0.15) is 4.37 Å². The number of ether oxygens (including phenoxy) is 2. The van der Waals surface area contributed by atoms with Gasteiger partial charge in [0.1, 0.15) is 6.61 Å². The maximum Gasteiger partial charge on any atom is 0.271 e. The average molecular weight is 312 g/mol. The van der Waals surface area contributed by atoms with E-state index in [2.05, 4.69) is 13.6 Å². The molecule has 2 heterocycles. The maximum absolute atomic E-state index is 6.11. The Balaban J connectivity index is 1.69. The number of morpholine rings is 1. The SMILES string of the molecule is Clc1ccccc1COc1nsnc1N1CCOCC1. The first kappa shape index (κ1) is 13.6. The van der Waals surface area contributed by atoms with Gasteiger partial charge in [-0.25, -0.2) is 0 Å². The standard InChI is InChI=1S/C13H14ClN3O2S/c14-11-4-2-1-3-10(11)9-19-13-12(15-20-16-13)17-5-7-18-8-6-17/h1-4H,5-9H2. The highest BCUT2D eigenvalue weighted by atomic mass is 35.5. The fourth-order valence-electron chi connectivity index (χ4n) is 2.00. The topological polar surface area (TPSA) is 47.5 Å². The fourth-order valence-corrected chi connectivity index (χ4v) is 2.71. The minimum absolute atomic E-state index is 0.391. The van der Waals surface area contributed by atoms with Crippen molar-refractivity contribution in [2.24, 2.45) is 0 Å². The summed E-state index contributed by atoms with van der Waals surface area (Å²) in [4.78, 5) is 2.13. The van der Waals surface area contributed by atoms with Gasteiger partial charge in [0.25, 0.3) is 5.88 Å².